The molecule has 1 aromatic carbocycles. The molecule has 1 heterocycles. The van der Waals surface area contributed by atoms with Gasteiger partial charge < -0.3 is 15.4 Å². The van der Waals surface area contributed by atoms with E-state index in [9.17, 15) is 13.2 Å². The van der Waals surface area contributed by atoms with Gasteiger partial charge in [0.25, 0.3) is 0 Å². The third kappa shape index (κ3) is 3.98. The molecule has 7 heteroatoms. The van der Waals surface area contributed by atoms with Crippen molar-refractivity contribution in [2.75, 3.05) is 24.7 Å². The second-order valence-corrected chi connectivity index (χ2v) is 9.35. The molecule has 0 aromatic heterocycles. The smallest absolute Gasteiger partial charge is 0.245 e. The molecule has 1 aliphatic carbocycles. The molecule has 0 atom stereocenters. The standard InChI is InChI=1S/C18H26N2O4S/c1-25(22,23)18(9-11-19-12-10-18)17(21)20-14-5-4-8-16(13-14)24-15-6-2-3-7-15/h4-5,8,13,15,19H,2-3,6-7,9-12H2,1H3,(H,20,21). The van der Waals surface area contributed by atoms with Gasteiger partial charge in [0.15, 0.2) is 14.6 Å². The van der Waals surface area contributed by atoms with Crippen LogP contribution in [0, 0.1) is 0 Å². The van der Waals surface area contributed by atoms with Crippen LogP contribution in [0.5, 0.6) is 5.75 Å². The van der Waals surface area contributed by atoms with Gasteiger partial charge in [0.2, 0.25) is 5.91 Å². The monoisotopic (exact) mass is 366 g/mol. The third-order valence-electron chi connectivity index (χ3n) is 5.23. The van der Waals surface area contributed by atoms with E-state index in [0.29, 0.717) is 24.5 Å². The molecule has 25 heavy (non-hydrogen) atoms. The Morgan fingerprint density at radius 1 is 1.24 bits per heavy atom. The highest BCUT2D eigenvalue weighted by Crippen LogP contribution is 2.30. The maximum absolute atomic E-state index is 12.8. The molecule has 0 bridgehead atoms. The number of carbonyl (C=O) groups is 1. The summed E-state index contributed by atoms with van der Waals surface area (Å²) in [5, 5.41) is 5.91. The molecule has 2 aliphatic rings. The second kappa shape index (κ2) is 7.33. The Hall–Kier alpha value is -1.60. The van der Waals surface area contributed by atoms with Crippen LogP contribution in [0.2, 0.25) is 0 Å². The van der Waals surface area contributed by atoms with E-state index in [0.717, 1.165) is 19.1 Å². The number of amides is 1. The van der Waals surface area contributed by atoms with Crippen molar-refractivity contribution in [1.29, 1.82) is 0 Å². The van der Waals surface area contributed by atoms with Gasteiger partial charge in [-0.1, -0.05) is 6.07 Å². The molecular formula is C18H26N2O4S. The molecule has 1 amide bonds. The summed E-state index contributed by atoms with van der Waals surface area (Å²) in [5.74, 6) is 0.262. The summed E-state index contributed by atoms with van der Waals surface area (Å²) >= 11 is 0. The zero-order valence-corrected chi connectivity index (χ0v) is 15.4. The number of sulfone groups is 1. The Balaban J connectivity index is 1.75. The van der Waals surface area contributed by atoms with Crippen LogP contribution in [-0.4, -0.2) is 44.5 Å². The largest absolute Gasteiger partial charge is 0.490 e. The summed E-state index contributed by atoms with van der Waals surface area (Å²) in [4.78, 5) is 12.8. The van der Waals surface area contributed by atoms with Crippen molar-refractivity contribution in [3.8, 4) is 5.75 Å². The highest BCUT2D eigenvalue weighted by atomic mass is 32.2. The quantitative estimate of drug-likeness (QED) is 0.834. The molecule has 1 aromatic rings. The van der Waals surface area contributed by atoms with Crippen molar-refractivity contribution in [1.82, 2.24) is 5.32 Å². The van der Waals surface area contributed by atoms with Crippen LogP contribution in [0.25, 0.3) is 0 Å². The number of rotatable bonds is 5. The summed E-state index contributed by atoms with van der Waals surface area (Å²) in [6.07, 6.45) is 6.45. The number of piperidine rings is 1. The second-order valence-electron chi connectivity index (χ2n) is 7.02. The molecule has 1 aliphatic heterocycles. The van der Waals surface area contributed by atoms with E-state index in [1.165, 1.54) is 12.8 Å². The molecule has 1 saturated carbocycles. The van der Waals surface area contributed by atoms with Gasteiger partial charge in [0.1, 0.15) is 5.75 Å². The lowest BCUT2D eigenvalue weighted by Crippen LogP contribution is -2.55. The maximum Gasteiger partial charge on any atom is 0.245 e. The molecule has 2 N–H and O–H groups in total. The van der Waals surface area contributed by atoms with E-state index < -0.39 is 20.5 Å². The van der Waals surface area contributed by atoms with Crippen molar-refractivity contribution in [2.45, 2.75) is 49.4 Å². The molecule has 6 nitrogen and oxygen atoms in total. The molecule has 138 valence electrons. The van der Waals surface area contributed by atoms with Gasteiger partial charge in [-0.3, -0.25) is 4.79 Å². The van der Waals surface area contributed by atoms with Crippen molar-refractivity contribution in [3.63, 3.8) is 0 Å². The van der Waals surface area contributed by atoms with Crippen LogP contribution < -0.4 is 15.4 Å². The lowest BCUT2D eigenvalue weighted by molar-refractivity contribution is -0.119. The molecule has 0 unspecified atom stereocenters. The Kier molecular flexibility index (Phi) is 5.34. The van der Waals surface area contributed by atoms with E-state index >= 15 is 0 Å². The average molecular weight is 366 g/mol. The van der Waals surface area contributed by atoms with Crippen LogP contribution in [0.3, 0.4) is 0 Å². The van der Waals surface area contributed by atoms with Gasteiger partial charge in [0, 0.05) is 18.0 Å². The van der Waals surface area contributed by atoms with Gasteiger partial charge in [-0.25, -0.2) is 8.42 Å². The Morgan fingerprint density at radius 3 is 2.56 bits per heavy atom. The predicted octanol–water partition coefficient (Wildman–Crippen LogP) is 2.11. The van der Waals surface area contributed by atoms with Crippen molar-refractivity contribution < 1.29 is 17.9 Å². The van der Waals surface area contributed by atoms with Crippen LogP contribution in [0.15, 0.2) is 24.3 Å². The molecule has 2 fully saturated rings. The van der Waals surface area contributed by atoms with Crippen LogP contribution in [-0.2, 0) is 14.6 Å². The van der Waals surface area contributed by atoms with Gasteiger partial charge in [-0.15, -0.1) is 0 Å². The Morgan fingerprint density at radius 2 is 1.92 bits per heavy atom. The third-order valence-corrected chi connectivity index (χ3v) is 7.24. The van der Waals surface area contributed by atoms with Gasteiger partial charge in [-0.2, -0.15) is 0 Å². The van der Waals surface area contributed by atoms with E-state index in [1.807, 2.05) is 12.1 Å². The SMILES string of the molecule is CS(=O)(=O)C1(C(=O)Nc2cccc(OC3CCCC3)c2)CCNCC1. The van der Waals surface area contributed by atoms with E-state index in [-0.39, 0.29) is 18.9 Å². The normalized spacial score (nSPS) is 21.0. The van der Waals surface area contributed by atoms with E-state index in [4.69, 9.17) is 4.74 Å². The Labute approximate surface area is 149 Å². The minimum absolute atomic E-state index is 0.234. The summed E-state index contributed by atoms with van der Waals surface area (Å²) < 4.78 is 29.2. The summed E-state index contributed by atoms with van der Waals surface area (Å²) in [6, 6.07) is 7.21. The minimum Gasteiger partial charge on any atom is -0.490 e. The highest BCUT2D eigenvalue weighted by molar-refractivity contribution is 7.92. The molecule has 3 rings (SSSR count). The highest BCUT2D eigenvalue weighted by Gasteiger charge is 2.48. The first-order chi connectivity index (χ1) is 11.9. The first kappa shape index (κ1) is 18.2. The average Bonchev–Trinajstić information content (AvgIpc) is 3.08. The fourth-order valence-electron chi connectivity index (χ4n) is 3.69. The Bertz CT molecular complexity index is 720. The topological polar surface area (TPSA) is 84.5 Å². The molecule has 0 radical (unpaired) electrons. The van der Waals surface area contributed by atoms with Gasteiger partial charge in [-0.05, 0) is 63.7 Å². The first-order valence-corrected chi connectivity index (χ1v) is 10.8. The van der Waals surface area contributed by atoms with Crippen LogP contribution >= 0.6 is 0 Å². The zero-order chi connectivity index (χ0) is 17.9. The van der Waals surface area contributed by atoms with Crippen molar-refractivity contribution in [2.24, 2.45) is 0 Å². The van der Waals surface area contributed by atoms with E-state index in [1.54, 1.807) is 12.1 Å². The number of hydrogen-bond acceptors (Lipinski definition) is 5. The number of benzene rings is 1. The number of anilines is 1. The summed E-state index contributed by atoms with van der Waals surface area (Å²) in [7, 11) is -3.52. The number of ether oxygens (including phenoxy) is 1. The van der Waals surface area contributed by atoms with E-state index in [2.05, 4.69) is 10.6 Å². The maximum atomic E-state index is 12.8. The van der Waals surface area contributed by atoms with Crippen molar-refractivity contribution in [3.05, 3.63) is 24.3 Å². The van der Waals surface area contributed by atoms with Gasteiger partial charge in [0.05, 0.1) is 6.10 Å². The lowest BCUT2D eigenvalue weighted by Gasteiger charge is -2.34. The van der Waals surface area contributed by atoms with Crippen LogP contribution in [0.4, 0.5) is 5.69 Å². The van der Waals surface area contributed by atoms with Crippen LogP contribution in [0.1, 0.15) is 38.5 Å². The molecule has 0 spiro atoms. The summed E-state index contributed by atoms with van der Waals surface area (Å²) in [5.41, 5.74) is 0.571. The fraction of sp³-hybridized carbons (Fsp3) is 0.611. The minimum atomic E-state index is -3.52. The lowest BCUT2D eigenvalue weighted by atomic mass is 9.95. The predicted molar refractivity (Wildman–Crippen MR) is 97.6 cm³/mol. The number of carbonyl (C=O) groups excluding carboxylic acids is 1. The first-order valence-electron chi connectivity index (χ1n) is 8.89. The molecule has 1 saturated heterocycles. The molecular weight excluding hydrogens is 340 g/mol. The van der Waals surface area contributed by atoms with Gasteiger partial charge >= 0.3 is 0 Å². The fourth-order valence-corrected chi connectivity index (χ4v) is 5.02. The number of hydrogen-bond donors (Lipinski definition) is 2. The number of nitrogens with one attached hydrogen (secondary N) is 2. The summed E-state index contributed by atoms with van der Waals surface area (Å²) in [6.45, 7) is 1.04. The zero-order valence-electron chi connectivity index (χ0n) is 14.6. The van der Waals surface area contributed by atoms with Crippen molar-refractivity contribution >= 4 is 21.4 Å².